The molecule has 3 unspecified atom stereocenters. The van der Waals surface area contributed by atoms with Crippen LogP contribution in [0.1, 0.15) is 51.3 Å². The topological polar surface area (TPSA) is 58.4 Å². The number of aromatic nitrogens is 2. The van der Waals surface area contributed by atoms with E-state index < -0.39 is 5.97 Å². The van der Waals surface area contributed by atoms with Gasteiger partial charge in [-0.1, -0.05) is 20.8 Å². The van der Waals surface area contributed by atoms with Gasteiger partial charge in [0.2, 0.25) is 0 Å². The third-order valence-electron chi connectivity index (χ3n) is 4.97. The molecule has 5 heteroatoms. The van der Waals surface area contributed by atoms with Crippen LogP contribution in [0, 0.1) is 5.92 Å². The predicted octanol–water partition coefficient (Wildman–Crippen LogP) is 2.16. The molecule has 2 aliphatic rings. The molecule has 3 atom stereocenters. The molecule has 0 amide bonds. The minimum absolute atomic E-state index is 0.0154. The highest BCUT2D eigenvalue weighted by atomic mass is 16.4. The first kappa shape index (κ1) is 14.6. The fraction of sp³-hybridized carbons (Fsp3) is 0.750. The van der Waals surface area contributed by atoms with Crippen LogP contribution in [0.4, 0.5) is 0 Å². The van der Waals surface area contributed by atoms with Crippen LogP contribution in [0.3, 0.4) is 0 Å². The molecule has 3 rings (SSSR count). The fourth-order valence-electron chi connectivity index (χ4n) is 4.09. The van der Waals surface area contributed by atoms with Gasteiger partial charge in [-0.15, -0.1) is 0 Å². The number of nitrogens with zero attached hydrogens (tertiary/aromatic N) is 3. The molecule has 5 nitrogen and oxygen atoms in total. The van der Waals surface area contributed by atoms with E-state index in [4.69, 9.17) is 0 Å². The lowest BCUT2D eigenvalue weighted by Gasteiger charge is -2.24. The average Bonchev–Trinajstić information content (AvgIpc) is 3.02. The molecule has 0 saturated carbocycles. The average molecular weight is 291 g/mol. The second-order valence-electron chi connectivity index (χ2n) is 7.58. The molecule has 2 fully saturated rings. The molecule has 1 aromatic rings. The Hall–Kier alpha value is -1.36. The van der Waals surface area contributed by atoms with Crippen molar-refractivity contribution in [2.24, 2.45) is 13.0 Å². The molecular weight excluding hydrogens is 266 g/mol. The van der Waals surface area contributed by atoms with Crippen molar-refractivity contribution in [3.05, 3.63) is 17.5 Å². The van der Waals surface area contributed by atoms with E-state index in [-0.39, 0.29) is 17.4 Å². The number of rotatable bonds is 3. The van der Waals surface area contributed by atoms with Crippen LogP contribution in [0.5, 0.6) is 0 Å². The molecule has 2 saturated heterocycles. The van der Waals surface area contributed by atoms with Crippen molar-refractivity contribution in [2.45, 2.75) is 64.1 Å². The maximum Gasteiger partial charge on any atom is 0.308 e. The molecule has 0 aromatic carbocycles. The van der Waals surface area contributed by atoms with Crippen LogP contribution in [0.2, 0.25) is 0 Å². The van der Waals surface area contributed by atoms with E-state index in [1.165, 1.54) is 5.56 Å². The smallest absolute Gasteiger partial charge is 0.308 e. The highest BCUT2D eigenvalue weighted by Gasteiger charge is 2.49. The lowest BCUT2D eigenvalue weighted by Crippen LogP contribution is -2.33. The number of fused-ring (bicyclic) bond motifs is 2. The molecule has 116 valence electrons. The zero-order chi connectivity index (χ0) is 15.4. The normalized spacial score (nSPS) is 29.2. The van der Waals surface area contributed by atoms with Crippen molar-refractivity contribution in [1.29, 1.82) is 0 Å². The highest BCUT2D eigenvalue weighted by molar-refractivity contribution is 5.71. The standard InChI is InChI=1S/C16H25N3O2/c1-16(2,3)14-10(8-18(4)17-14)9-19-11-5-6-13(19)12(7-11)15(20)21/h8,11-13H,5-7,9H2,1-4H3,(H,20,21). The summed E-state index contributed by atoms with van der Waals surface area (Å²) in [6.45, 7) is 7.37. The van der Waals surface area contributed by atoms with Crippen LogP contribution in [-0.2, 0) is 23.8 Å². The minimum Gasteiger partial charge on any atom is -0.481 e. The summed E-state index contributed by atoms with van der Waals surface area (Å²) in [5.74, 6) is -0.812. The van der Waals surface area contributed by atoms with Gasteiger partial charge in [-0.2, -0.15) is 5.10 Å². The van der Waals surface area contributed by atoms with E-state index >= 15 is 0 Å². The monoisotopic (exact) mass is 291 g/mol. The lowest BCUT2D eigenvalue weighted by atomic mass is 9.89. The number of hydrogen-bond acceptors (Lipinski definition) is 3. The first-order valence-electron chi connectivity index (χ1n) is 7.79. The lowest BCUT2D eigenvalue weighted by molar-refractivity contribution is -0.142. The highest BCUT2D eigenvalue weighted by Crippen LogP contribution is 2.43. The van der Waals surface area contributed by atoms with E-state index in [1.54, 1.807) is 0 Å². The Kier molecular flexibility index (Phi) is 3.35. The number of carboxylic acid groups (broad SMARTS) is 1. The third kappa shape index (κ3) is 2.48. The maximum absolute atomic E-state index is 11.4. The number of carbonyl (C=O) groups is 1. The molecule has 21 heavy (non-hydrogen) atoms. The molecule has 0 radical (unpaired) electrons. The Morgan fingerprint density at radius 3 is 2.71 bits per heavy atom. The van der Waals surface area contributed by atoms with Crippen molar-refractivity contribution in [3.8, 4) is 0 Å². The number of aliphatic carboxylic acids is 1. The molecule has 0 aliphatic carbocycles. The Balaban J connectivity index is 1.84. The summed E-state index contributed by atoms with van der Waals surface area (Å²) in [4.78, 5) is 13.8. The van der Waals surface area contributed by atoms with Gasteiger partial charge in [0.15, 0.2) is 0 Å². The first-order valence-corrected chi connectivity index (χ1v) is 7.79. The second kappa shape index (κ2) is 4.83. The molecule has 1 aromatic heterocycles. The summed E-state index contributed by atoms with van der Waals surface area (Å²) in [5, 5.41) is 14.0. The number of carboxylic acids is 1. The van der Waals surface area contributed by atoms with Crippen molar-refractivity contribution in [1.82, 2.24) is 14.7 Å². The summed E-state index contributed by atoms with van der Waals surface area (Å²) in [5.41, 5.74) is 2.39. The van der Waals surface area contributed by atoms with Crippen LogP contribution in [-0.4, -0.2) is 37.8 Å². The fourth-order valence-corrected chi connectivity index (χ4v) is 4.09. The summed E-state index contributed by atoms with van der Waals surface area (Å²) < 4.78 is 1.88. The van der Waals surface area contributed by atoms with Crippen molar-refractivity contribution >= 4 is 5.97 Å². The van der Waals surface area contributed by atoms with Gasteiger partial charge < -0.3 is 5.11 Å². The van der Waals surface area contributed by atoms with Crippen LogP contribution in [0.25, 0.3) is 0 Å². The molecule has 2 aliphatic heterocycles. The summed E-state index contributed by atoms with van der Waals surface area (Å²) in [6.07, 6.45) is 5.06. The molecule has 0 spiro atoms. The van der Waals surface area contributed by atoms with Gasteiger partial charge in [0.05, 0.1) is 11.6 Å². The van der Waals surface area contributed by atoms with Gasteiger partial charge in [-0.05, 0) is 19.3 Å². The van der Waals surface area contributed by atoms with Crippen molar-refractivity contribution in [3.63, 3.8) is 0 Å². The van der Waals surface area contributed by atoms with Crippen LogP contribution >= 0.6 is 0 Å². The molecular formula is C16H25N3O2. The Morgan fingerprint density at radius 2 is 2.14 bits per heavy atom. The Labute approximate surface area is 125 Å². The summed E-state index contributed by atoms with van der Waals surface area (Å²) in [6, 6.07) is 0.643. The van der Waals surface area contributed by atoms with E-state index in [2.05, 4.69) is 37.0 Å². The van der Waals surface area contributed by atoms with Crippen LogP contribution < -0.4 is 0 Å². The Morgan fingerprint density at radius 1 is 1.43 bits per heavy atom. The maximum atomic E-state index is 11.4. The van der Waals surface area contributed by atoms with Crippen LogP contribution in [0.15, 0.2) is 6.20 Å². The molecule has 2 bridgehead atoms. The third-order valence-corrected chi connectivity index (χ3v) is 4.97. The first-order chi connectivity index (χ1) is 9.77. The van der Waals surface area contributed by atoms with Gasteiger partial charge in [0, 0.05) is 42.9 Å². The quantitative estimate of drug-likeness (QED) is 0.927. The predicted molar refractivity (Wildman–Crippen MR) is 80.0 cm³/mol. The second-order valence-corrected chi connectivity index (χ2v) is 7.58. The zero-order valence-electron chi connectivity index (χ0n) is 13.3. The van der Waals surface area contributed by atoms with E-state index in [0.29, 0.717) is 6.04 Å². The zero-order valence-corrected chi connectivity index (χ0v) is 13.3. The molecule has 1 N–H and O–H groups in total. The molecule has 3 heterocycles. The summed E-state index contributed by atoms with van der Waals surface area (Å²) >= 11 is 0. The van der Waals surface area contributed by atoms with E-state index in [0.717, 1.165) is 31.5 Å². The summed E-state index contributed by atoms with van der Waals surface area (Å²) in [7, 11) is 1.96. The van der Waals surface area contributed by atoms with Crippen molar-refractivity contribution < 1.29 is 9.90 Å². The Bertz CT molecular complexity index is 558. The largest absolute Gasteiger partial charge is 0.481 e. The minimum atomic E-state index is -0.630. The van der Waals surface area contributed by atoms with E-state index in [1.807, 2.05) is 11.7 Å². The van der Waals surface area contributed by atoms with Gasteiger partial charge in [-0.25, -0.2) is 0 Å². The van der Waals surface area contributed by atoms with E-state index in [9.17, 15) is 9.90 Å². The SMILES string of the molecule is Cn1cc(CN2C3CCC2C(C(=O)O)C3)c(C(C)(C)C)n1. The van der Waals surface area contributed by atoms with Crippen molar-refractivity contribution in [2.75, 3.05) is 0 Å². The van der Waals surface area contributed by atoms with Gasteiger partial charge in [0.1, 0.15) is 0 Å². The van der Waals surface area contributed by atoms with Gasteiger partial charge in [0.25, 0.3) is 0 Å². The number of aryl methyl sites for hydroxylation is 1. The van der Waals surface area contributed by atoms with Gasteiger partial charge in [-0.3, -0.25) is 14.4 Å². The number of hydrogen-bond donors (Lipinski definition) is 1. The van der Waals surface area contributed by atoms with Gasteiger partial charge >= 0.3 is 5.97 Å².